The summed E-state index contributed by atoms with van der Waals surface area (Å²) in [4.78, 5) is 31.3. The Morgan fingerprint density at radius 1 is 1.29 bits per heavy atom. The summed E-state index contributed by atoms with van der Waals surface area (Å²) in [7, 11) is 0. The second-order valence-electron chi connectivity index (χ2n) is 4.55. The third-order valence-electron chi connectivity index (χ3n) is 3.24. The standard InChI is InChI=1S/C15H17N3O3/c1-2-18(9-8-11-6-4-3-5-7-11)14(19)12-13(15(20)21)17-10-16-12/h3-7,10H,2,8-9H2,1H3,(H,16,17)(H,20,21). The normalized spacial score (nSPS) is 10.3. The number of imidazole rings is 1. The Labute approximate surface area is 122 Å². The number of aromatic amines is 1. The number of carbonyl (C=O) groups is 2. The van der Waals surface area contributed by atoms with Gasteiger partial charge in [-0.3, -0.25) is 4.79 Å². The molecule has 0 radical (unpaired) electrons. The maximum Gasteiger partial charge on any atom is 0.354 e. The summed E-state index contributed by atoms with van der Waals surface area (Å²) < 4.78 is 0. The van der Waals surface area contributed by atoms with Crippen molar-refractivity contribution in [1.82, 2.24) is 14.9 Å². The molecule has 2 aromatic rings. The van der Waals surface area contributed by atoms with E-state index < -0.39 is 5.97 Å². The molecule has 0 fully saturated rings. The number of aromatic nitrogens is 2. The summed E-state index contributed by atoms with van der Waals surface area (Å²) in [6.45, 7) is 2.87. The molecule has 0 aliphatic heterocycles. The van der Waals surface area contributed by atoms with E-state index in [2.05, 4.69) is 9.97 Å². The maximum absolute atomic E-state index is 12.4. The van der Waals surface area contributed by atoms with Gasteiger partial charge in [-0.05, 0) is 18.9 Å². The predicted octanol–water partition coefficient (Wildman–Crippen LogP) is 1.81. The van der Waals surface area contributed by atoms with E-state index in [0.29, 0.717) is 19.5 Å². The Morgan fingerprint density at radius 3 is 2.62 bits per heavy atom. The van der Waals surface area contributed by atoms with Crippen molar-refractivity contribution in [3.8, 4) is 0 Å². The molecule has 0 aliphatic carbocycles. The molecule has 2 rings (SSSR count). The minimum atomic E-state index is -1.19. The Hall–Kier alpha value is -2.63. The molecule has 0 spiro atoms. The molecule has 0 unspecified atom stereocenters. The average molecular weight is 287 g/mol. The molecule has 0 saturated carbocycles. The van der Waals surface area contributed by atoms with Gasteiger partial charge in [-0.2, -0.15) is 0 Å². The number of hydrogen-bond acceptors (Lipinski definition) is 3. The van der Waals surface area contributed by atoms with E-state index >= 15 is 0 Å². The van der Waals surface area contributed by atoms with Crippen molar-refractivity contribution in [2.24, 2.45) is 0 Å². The van der Waals surface area contributed by atoms with Crippen LogP contribution in [0.25, 0.3) is 0 Å². The molecule has 1 aromatic heterocycles. The lowest BCUT2D eigenvalue weighted by atomic mass is 10.1. The quantitative estimate of drug-likeness (QED) is 0.848. The van der Waals surface area contributed by atoms with Gasteiger partial charge in [-0.25, -0.2) is 9.78 Å². The maximum atomic E-state index is 12.4. The lowest BCUT2D eigenvalue weighted by Gasteiger charge is -2.20. The van der Waals surface area contributed by atoms with Crippen molar-refractivity contribution in [2.75, 3.05) is 13.1 Å². The number of benzene rings is 1. The molecule has 1 heterocycles. The zero-order chi connectivity index (χ0) is 15.2. The Balaban J connectivity index is 2.08. The first-order valence-electron chi connectivity index (χ1n) is 6.73. The fourth-order valence-corrected chi connectivity index (χ4v) is 2.08. The molecule has 0 bridgehead atoms. The van der Waals surface area contributed by atoms with Crippen molar-refractivity contribution in [3.05, 3.63) is 53.6 Å². The molecule has 0 atom stereocenters. The van der Waals surface area contributed by atoms with E-state index in [1.807, 2.05) is 37.3 Å². The summed E-state index contributed by atoms with van der Waals surface area (Å²) in [6, 6.07) is 9.83. The van der Waals surface area contributed by atoms with Crippen LogP contribution in [-0.4, -0.2) is 44.9 Å². The van der Waals surface area contributed by atoms with Crippen LogP contribution in [-0.2, 0) is 6.42 Å². The van der Waals surface area contributed by atoms with Crippen molar-refractivity contribution in [1.29, 1.82) is 0 Å². The minimum absolute atomic E-state index is 0.0441. The van der Waals surface area contributed by atoms with Crippen molar-refractivity contribution in [3.63, 3.8) is 0 Å². The van der Waals surface area contributed by atoms with E-state index in [9.17, 15) is 9.59 Å². The number of carboxylic acids is 1. The molecule has 2 N–H and O–H groups in total. The number of aromatic carboxylic acids is 1. The van der Waals surface area contributed by atoms with Gasteiger partial charge in [0.15, 0.2) is 11.4 Å². The van der Waals surface area contributed by atoms with Gasteiger partial charge in [0.1, 0.15) is 0 Å². The molecular formula is C15H17N3O3. The monoisotopic (exact) mass is 287 g/mol. The number of likely N-dealkylation sites (N-methyl/N-ethyl adjacent to an activating group) is 1. The first kappa shape index (κ1) is 14.8. The van der Waals surface area contributed by atoms with Gasteiger partial charge in [0.2, 0.25) is 0 Å². The highest BCUT2D eigenvalue weighted by Crippen LogP contribution is 2.09. The van der Waals surface area contributed by atoms with Crippen LogP contribution >= 0.6 is 0 Å². The number of H-pyrrole nitrogens is 1. The second-order valence-corrected chi connectivity index (χ2v) is 4.55. The number of nitrogens with one attached hydrogen (secondary N) is 1. The van der Waals surface area contributed by atoms with Crippen LogP contribution in [0.1, 0.15) is 33.5 Å². The first-order chi connectivity index (χ1) is 10.1. The van der Waals surface area contributed by atoms with E-state index in [0.717, 1.165) is 5.56 Å². The van der Waals surface area contributed by atoms with E-state index in [1.54, 1.807) is 4.90 Å². The van der Waals surface area contributed by atoms with Crippen LogP contribution in [0.5, 0.6) is 0 Å². The highest BCUT2D eigenvalue weighted by molar-refractivity contribution is 6.02. The molecule has 110 valence electrons. The number of carbonyl (C=O) groups excluding carboxylic acids is 1. The fourth-order valence-electron chi connectivity index (χ4n) is 2.08. The van der Waals surface area contributed by atoms with Crippen LogP contribution in [0.4, 0.5) is 0 Å². The molecule has 6 nitrogen and oxygen atoms in total. The summed E-state index contributed by atoms with van der Waals surface area (Å²) in [5.74, 6) is -1.55. The second kappa shape index (κ2) is 6.69. The van der Waals surface area contributed by atoms with E-state index in [1.165, 1.54) is 6.33 Å². The van der Waals surface area contributed by atoms with Crippen LogP contribution in [0.15, 0.2) is 36.7 Å². The zero-order valence-electron chi connectivity index (χ0n) is 11.7. The van der Waals surface area contributed by atoms with Crippen molar-refractivity contribution >= 4 is 11.9 Å². The van der Waals surface area contributed by atoms with E-state index in [4.69, 9.17) is 5.11 Å². The van der Waals surface area contributed by atoms with Crippen LogP contribution < -0.4 is 0 Å². The van der Waals surface area contributed by atoms with Crippen LogP contribution in [0.2, 0.25) is 0 Å². The van der Waals surface area contributed by atoms with Gasteiger partial charge in [-0.1, -0.05) is 30.3 Å². The van der Waals surface area contributed by atoms with Crippen molar-refractivity contribution < 1.29 is 14.7 Å². The molecule has 0 saturated heterocycles. The SMILES string of the molecule is CCN(CCc1ccccc1)C(=O)c1nc[nH]c1C(=O)O. The third kappa shape index (κ3) is 3.47. The predicted molar refractivity (Wildman–Crippen MR) is 77.3 cm³/mol. The smallest absolute Gasteiger partial charge is 0.354 e. The largest absolute Gasteiger partial charge is 0.477 e. The molecule has 1 amide bonds. The van der Waals surface area contributed by atoms with Crippen molar-refractivity contribution in [2.45, 2.75) is 13.3 Å². The van der Waals surface area contributed by atoms with Gasteiger partial charge in [0, 0.05) is 13.1 Å². The Bertz CT molecular complexity index is 622. The Morgan fingerprint density at radius 2 is 2.00 bits per heavy atom. The number of carboxylic acid groups (broad SMARTS) is 1. The topological polar surface area (TPSA) is 86.3 Å². The average Bonchev–Trinajstić information content (AvgIpc) is 2.98. The molecule has 6 heteroatoms. The minimum Gasteiger partial charge on any atom is -0.477 e. The summed E-state index contributed by atoms with van der Waals surface area (Å²) in [5.41, 5.74) is 0.916. The van der Waals surface area contributed by atoms with Gasteiger partial charge >= 0.3 is 5.97 Å². The van der Waals surface area contributed by atoms with Crippen LogP contribution in [0, 0.1) is 0 Å². The summed E-state index contributed by atoms with van der Waals surface area (Å²) >= 11 is 0. The molecule has 0 aliphatic rings. The molecule has 21 heavy (non-hydrogen) atoms. The van der Waals surface area contributed by atoms with Gasteiger partial charge < -0.3 is 15.0 Å². The number of nitrogens with zero attached hydrogens (tertiary/aromatic N) is 2. The first-order valence-corrected chi connectivity index (χ1v) is 6.73. The molecule has 1 aromatic carbocycles. The van der Waals surface area contributed by atoms with Crippen LogP contribution in [0.3, 0.4) is 0 Å². The summed E-state index contributed by atoms with van der Waals surface area (Å²) in [5, 5.41) is 9.02. The zero-order valence-corrected chi connectivity index (χ0v) is 11.7. The third-order valence-corrected chi connectivity index (χ3v) is 3.24. The lowest BCUT2D eigenvalue weighted by molar-refractivity contribution is 0.0670. The van der Waals surface area contributed by atoms with E-state index in [-0.39, 0.29) is 17.3 Å². The highest BCUT2D eigenvalue weighted by Gasteiger charge is 2.23. The van der Waals surface area contributed by atoms with Gasteiger partial charge in [-0.15, -0.1) is 0 Å². The van der Waals surface area contributed by atoms with Gasteiger partial charge in [0.05, 0.1) is 6.33 Å². The fraction of sp³-hybridized carbons (Fsp3) is 0.267. The summed E-state index contributed by atoms with van der Waals surface area (Å²) in [6.07, 6.45) is 1.94. The number of amides is 1. The number of rotatable bonds is 6. The lowest BCUT2D eigenvalue weighted by Crippen LogP contribution is -2.34. The van der Waals surface area contributed by atoms with Gasteiger partial charge in [0.25, 0.3) is 5.91 Å². The molecular weight excluding hydrogens is 270 g/mol. The Kier molecular flexibility index (Phi) is 4.71. The highest BCUT2D eigenvalue weighted by atomic mass is 16.4. The number of hydrogen-bond donors (Lipinski definition) is 2.